The minimum atomic E-state index is -0.579. The molecule has 8 heteroatoms. The average Bonchev–Trinajstić information content (AvgIpc) is 3.26. The highest BCUT2D eigenvalue weighted by Crippen LogP contribution is 2.26. The summed E-state index contributed by atoms with van der Waals surface area (Å²) in [6.45, 7) is 3.67. The summed E-state index contributed by atoms with van der Waals surface area (Å²) in [5, 5.41) is 5.26. The number of hydrogen-bond acceptors (Lipinski definition) is 6. The maximum absolute atomic E-state index is 12.7. The van der Waals surface area contributed by atoms with E-state index in [1.165, 1.54) is 11.3 Å². The van der Waals surface area contributed by atoms with Gasteiger partial charge in [0.05, 0.1) is 11.3 Å². The largest absolute Gasteiger partial charge is 0.369 e. The molecule has 2 amide bonds. The van der Waals surface area contributed by atoms with Crippen molar-refractivity contribution in [3.05, 3.63) is 65.2 Å². The van der Waals surface area contributed by atoms with Crippen LogP contribution in [-0.2, 0) is 0 Å². The van der Waals surface area contributed by atoms with Gasteiger partial charge in [0.1, 0.15) is 10.7 Å². The van der Waals surface area contributed by atoms with E-state index in [4.69, 9.17) is 5.73 Å². The van der Waals surface area contributed by atoms with Crippen LogP contribution < -0.4 is 16.0 Å². The third-order valence-electron chi connectivity index (χ3n) is 5.14. The summed E-state index contributed by atoms with van der Waals surface area (Å²) in [6.07, 6.45) is 0. The molecule has 1 saturated heterocycles. The van der Waals surface area contributed by atoms with Crippen LogP contribution in [0.25, 0.3) is 10.6 Å². The van der Waals surface area contributed by atoms with Gasteiger partial charge in [-0.15, -0.1) is 11.3 Å². The number of nitrogens with two attached hydrogens (primary N) is 1. The van der Waals surface area contributed by atoms with E-state index < -0.39 is 5.91 Å². The lowest BCUT2D eigenvalue weighted by Crippen LogP contribution is -2.44. The topological polar surface area (TPSA) is 91.6 Å². The van der Waals surface area contributed by atoms with E-state index >= 15 is 0 Å². The summed E-state index contributed by atoms with van der Waals surface area (Å²) in [7, 11) is 2.09. The van der Waals surface area contributed by atoms with Gasteiger partial charge in [0.2, 0.25) is 0 Å². The summed E-state index contributed by atoms with van der Waals surface area (Å²) < 4.78 is 0. The number of amides is 2. The number of anilines is 2. The maximum Gasteiger partial charge on any atom is 0.275 e. The Hall–Kier alpha value is -3.23. The van der Waals surface area contributed by atoms with E-state index in [9.17, 15) is 9.59 Å². The van der Waals surface area contributed by atoms with Gasteiger partial charge in [0.15, 0.2) is 0 Å². The number of hydrogen-bond donors (Lipinski definition) is 2. The lowest BCUT2D eigenvalue weighted by Gasteiger charge is -2.34. The van der Waals surface area contributed by atoms with Gasteiger partial charge in [-0.3, -0.25) is 9.59 Å². The molecule has 1 aromatic heterocycles. The minimum absolute atomic E-state index is 0.290. The van der Waals surface area contributed by atoms with Crippen molar-refractivity contribution in [3.8, 4) is 10.6 Å². The average molecular weight is 422 g/mol. The van der Waals surface area contributed by atoms with Crippen LogP contribution in [0, 0.1) is 0 Å². The lowest BCUT2D eigenvalue weighted by atomic mass is 10.1. The molecule has 3 aromatic rings. The van der Waals surface area contributed by atoms with Gasteiger partial charge in [-0.25, -0.2) is 4.98 Å². The van der Waals surface area contributed by atoms with Gasteiger partial charge >= 0.3 is 0 Å². The predicted octanol–water partition coefficient (Wildman–Crippen LogP) is 2.91. The molecule has 0 spiro atoms. The van der Waals surface area contributed by atoms with Crippen molar-refractivity contribution in [1.29, 1.82) is 0 Å². The van der Waals surface area contributed by atoms with Gasteiger partial charge in [-0.1, -0.05) is 30.3 Å². The molecule has 7 nitrogen and oxygen atoms in total. The molecule has 1 aliphatic rings. The smallest absolute Gasteiger partial charge is 0.275 e. The quantitative estimate of drug-likeness (QED) is 0.661. The van der Waals surface area contributed by atoms with E-state index in [0.29, 0.717) is 16.9 Å². The second kappa shape index (κ2) is 8.64. The maximum atomic E-state index is 12.7. The Morgan fingerprint density at radius 3 is 2.50 bits per heavy atom. The van der Waals surface area contributed by atoms with Gasteiger partial charge in [-0.2, -0.15) is 0 Å². The molecule has 2 aromatic carbocycles. The number of rotatable bonds is 5. The molecule has 1 fully saturated rings. The highest BCUT2D eigenvalue weighted by atomic mass is 32.1. The summed E-state index contributed by atoms with van der Waals surface area (Å²) in [5.74, 6) is -0.951. The van der Waals surface area contributed by atoms with Crippen LogP contribution in [-0.4, -0.2) is 54.9 Å². The minimum Gasteiger partial charge on any atom is -0.369 e. The summed E-state index contributed by atoms with van der Waals surface area (Å²) in [6, 6.07) is 15.1. The zero-order chi connectivity index (χ0) is 21.1. The van der Waals surface area contributed by atoms with Crippen molar-refractivity contribution in [1.82, 2.24) is 9.88 Å². The van der Waals surface area contributed by atoms with E-state index in [1.54, 1.807) is 17.5 Å². The van der Waals surface area contributed by atoms with E-state index in [-0.39, 0.29) is 5.91 Å². The van der Waals surface area contributed by atoms with Gasteiger partial charge in [0.25, 0.3) is 11.8 Å². The fraction of sp³-hybridized carbons (Fsp3) is 0.227. The number of likely N-dealkylation sites (N-methyl/N-ethyl adjacent to an activating group) is 1. The Morgan fingerprint density at radius 1 is 1.07 bits per heavy atom. The number of benzene rings is 2. The highest BCUT2D eigenvalue weighted by Gasteiger charge is 2.19. The first kappa shape index (κ1) is 20.1. The van der Waals surface area contributed by atoms with Crippen LogP contribution in [0.15, 0.2) is 53.9 Å². The fourth-order valence-electron chi connectivity index (χ4n) is 3.38. The molecule has 0 unspecified atom stereocenters. The van der Waals surface area contributed by atoms with Crippen LogP contribution in [0.5, 0.6) is 0 Å². The standard InChI is InChI=1S/C22H23N5O2S/c1-26-9-11-27(12-10-26)16-7-8-18(17(13-16)20(23)28)24-21(29)19-14-30-22(25-19)15-5-3-2-4-6-15/h2-8,13-14H,9-12H2,1H3,(H2,23,28)(H,24,29). The van der Waals surface area contributed by atoms with Crippen molar-refractivity contribution in [3.63, 3.8) is 0 Å². The SMILES string of the molecule is CN1CCN(c2ccc(NC(=O)c3csc(-c4ccccc4)n3)c(C(N)=O)c2)CC1. The first-order valence-corrected chi connectivity index (χ1v) is 10.6. The molecule has 1 aliphatic heterocycles. The number of aromatic nitrogens is 1. The second-order valence-corrected chi connectivity index (χ2v) is 8.10. The van der Waals surface area contributed by atoms with Crippen LogP contribution in [0.1, 0.15) is 20.8 Å². The van der Waals surface area contributed by atoms with E-state index in [1.807, 2.05) is 36.4 Å². The molecule has 4 rings (SSSR count). The Morgan fingerprint density at radius 2 is 1.80 bits per heavy atom. The van der Waals surface area contributed by atoms with Crippen LogP contribution >= 0.6 is 11.3 Å². The molecule has 2 heterocycles. The van der Waals surface area contributed by atoms with Crippen LogP contribution in [0.2, 0.25) is 0 Å². The molecule has 3 N–H and O–H groups in total. The van der Waals surface area contributed by atoms with Crippen molar-refractivity contribution in [2.24, 2.45) is 5.73 Å². The highest BCUT2D eigenvalue weighted by molar-refractivity contribution is 7.13. The number of nitrogens with one attached hydrogen (secondary N) is 1. The zero-order valence-corrected chi connectivity index (χ0v) is 17.5. The van der Waals surface area contributed by atoms with Crippen molar-refractivity contribution in [2.45, 2.75) is 0 Å². The Balaban J connectivity index is 1.53. The molecular formula is C22H23N5O2S. The molecule has 0 atom stereocenters. The number of nitrogens with zero attached hydrogens (tertiary/aromatic N) is 3. The molecule has 0 bridgehead atoms. The first-order chi connectivity index (χ1) is 14.5. The van der Waals surface area contributed by atoms with Crippen LogP contribution in [0.4, 0.5) is 11.4 Å². The Bertz CT molecular complexity index is 1060. The third-order valence-corrected chi connectivity index (χ3v) is 6.03. The zero-order valence-electron chi connectivity index (χ0n) is 16.7. The van der Waals surface area contributed by atoms with Crippen LogP contribution in [0.3, 0.4) is 0 Å². The van der Waals surface area contributed by atoms with Crippen molar-refractivity contribution in [2.75, 3.05) is 43.4 Å². The van der Waals surface area contributed by atoms with Gasteiger partial charge < -0.3 is 20.9 Å². The lowest BCUT2D eigenvalue weighted by molar-refractivity contribution is 0.100. The monoisotopic (exact) mass is 421 g/mol. The van der Waals surface area contributed by atoms with Gasteiger partial charge in [-0.05, 0) is 25.2 Å². The molecule has 0 saturated carbocycles. The Labute approximate surface area is 179 Å². The van der Waals surface area contributed by atoms with Crippen molar-refractivity contribution < 1.29 is 9.59 Å². The summed E-state index contributed by atoms with van der Waals surface area (Å²) in [4.78, 5) is 33.7. The first-order valence-electron chi connectivity index (χ1n) is 9.71. The molecule has 154 valence electrons. The number of thiazole rings is 1. The van der Waals surface area contributed by atoms with E-state index in [2.05, 4.69) is 27.1 Å². The number of piperazine rings is 1. The Kier molecular flexibility index (Phi) is 5.78. The number of carbonyl (C=O) groups is 2. The number of carbonyl (C=O) groups excluding carboxylic acids is 2. The predicted molar refractivity (Wildman–Crippen MR) is 120 cm³/mol. The molecule has 0 aliphatic carbocycles. The molecule has 30 heavy (non-hydrogen) atoms. The van der Waals surface area contributed by atoms with E-state index in [0.717, 1.165) is 42.4 Å². The summed E-state index contributed by atoms with van der Waals surface area (Å²) >= 11 is 1.40. The molecular weight excluding hydrogens is 398 g/mol. The molecule has 0 radical (unpaired) electrons. The van der Waals surface area contributed by atoms with Gasteiger partial charge in [0, 0.05) is 42.8 Å². The second-order valence-electron chi connectivity index (χ2n) is 7.24. The van der Waals surface area contributed by atoms with Crippen molar-refractivity contribution >= 4 is 34.5 Å². The normalized spacial score (nSPS) is 14.5. The fourth-order valence-corrected chi connectivity index (χ4v) is 4.19. The third kappa shape index (κ3) is 4.34. The number of primary amides is 1. The summed E-state index contributed by atoms with van der Waals surface area (Å²) in [5.41, 5.74) is 8.46.